The van der Waals surface area contributed by atoms with E-state index in [0.717, 1.165) is 5.82 Å². The topological polar surface area (TPSA) is 100 Å². The van der Waals surface area contributed by atoms with Crippen molar-refractivity contribution in [2.75, 3.05) is 13.1 Å². The van der Waals surface area contributed by atoms with E-state index in [9.17, 15) is 9.59 Å². The smallest absolute Gasteiger partial charge is 0.317 e. The molecule has 8 heteroatoms. The molecule has 0 bridgehead atoms. The Balaban J connectivity index is 1.78. The number of carbonyl (C=O) groups excluding carboxylic acids is 1. The molecule has 2 N–H and O–H groups in total. The summed E-state index contributed by atoms with van der Waals surface area (Å²) in [5.74, 6) is -0.306. The lowest BCUT2D eigenvalue weighted by Gasteiger charge is -2.36. The quantitative estimate of drug-likeness (QED) is 0.829. The van der Waals surface area contributed by atoms with Gasteiger partial charge < -0.3 is 19.9 Å². The fraction of sp³-hybridized carbons (Fsp3) is 0.692. The van der Waals surface area contributed by atoms with Crippen molar-refractivity contribution in [3.05, 3.63) is 12.2 Å². The van der Waals surface area contributed by atoms with Crippen LogP contribution in [0, 0.1) is 5.92 Å². The van der Waals surface area contributed by atoms with Crippen molar-refractivity contribution < 1.29 is 14.7 Å². The molecule has 21 heavy (non-hydrogen) atoms. The van der Waals surface area contributed by atoms with Crippen molar-refractivity contribution >= 4 is 12.0 Å². The van der Waals surface area contributed by atoms with Gasteiger partial charge in [-0.2, -0.15) is 0 Å². The van der Waals surface area contributed by atoms with Gasteiger partial charge in [0.25, 0.3) is 0 Å². The Labute approximate surface area is 123 Å². The van der Waals surface area contributed by atoms with Crippen LogP contribution in [0.25, 0.3) is 0 Å². The van der Waals surface area contributed by atoms with Gasteiger partial charge in [0.05, 0.1) is 5.92 Å². The zero-order chi connectivity index (χ0) is 15.4. The number of aromatic nitrogens is 3. The molecule has 1 aromatic heterocycles. The largest absolute Gasteiger partial charge is 0.481 e. The monoisotopic (exact) mass is 295 g/mol. The average molecular weight is 295 g/mol. The average Bonchev–Trinajstić information content (AvgIpc) is 2.84. The van der Waals surface area contributed by atoms with E-state index in [1.54, 1.807) is 11.2 Å². The fourth-order valence-corrected chi connectivity index (χ4v) is 2.61. The van der Waals surface area contributed by atoms with E-state index in [0.29, 0.717) is 32.4 Å². The predicted octanol–water partition coefficient (Wildman–Crippen LogP) is 0.252. The Morgan fingerprint density at radius 1 is 1.52 bits per heavy atom. The number of nitrogens with zero attached hydrogens (tertiary/aromatic N) is 4. The summed E-state index contributed by atoms with van der Waals surface area (Å²) in [6, 6.07) is -0.205. The Bertz CT molecular complexity index is 516. The highest BCUT2D eigenvalue weighted by Gasteiger charge is 2.31. The van der Waals surface area contributed by atoms with E-state index < -0.39 is 5.97 Å². The number of aliphatic carboxylic acids is 1. The van der Waals surface area contributed by atoms with Crippen LogP contribution in [0.2, 0.25) is 0 Å². The summed E-state index contributed by atoms with van der Waals surface area (Å²) in [6.45, 7) is 2.85. The van der Waals surface area contributed by atoms with Gasteiger partial charge in [0.1, 0.15) is 12.2 Å². The number of aryl methyl sites for hydroxylation is 1. The molecule has 1 aliphatic rings. The van der Waals surface area contributed by atoms with Crippen LogP contribution in [0.3, 0.4) is 0 Å². The zero-order valence-electron chi connectivity index (χ0n) is 12.3. The number of carboxylic acid groups (broad SMARTS) is 1. The lowest BCUT2D eigenvalue weighted by atomic mass is 9.92. The van der Waals surface area contributed by atoms with E-state index in [1.165, 1.54) is 0 Å². The Morgan fingerprint density at radius 2 is 2.29 bits per heavy atom. The fourth-order valence-electron chi connectivity index (χ4n) is 2.61. The summed E-state index contributed by atoms with van der Waals surface area (Å²) in [5.41, 5.74) is 0. The molecule has 2 amide bonds. The molecule has 2 heterocycles. The molecule has 2 atom stereocenters. The van der Waals surface area contributed by atoms with Crippen LogP contribution in [0.15, 0.2) is 6.33 Å². The minimum absolute atomic E-state index is 0.0605. The van der Waals surface area contributed by atoms with Crippen LogP contribution in [-0.4, -0.2) is 55.9 Å². The van der Waals surface area contributed by atoms with Crippen molar-refractivity contribution in [2.24, 2.45) is 13.0 Å². The summed E-state index contributed by atoms with van der Waals surface area (Å²) < 4.78 is 1.81. The molecule has 116 valence electrons. The van der Waals surface area contributed by atoms with Gasteiger partial charge >= 0.3 is 12.0 Å². The van der Waals surface area contributed by atoms with Gasteiger partial charge in [0.15, 0.2) is 0 Å². The molecule has 1 saturated heterocycles. The standard InChI is InChI=1S/C13H21N5O3/c1-9-7-10(12(19)20)4-6-18(9)13(21)14-5-3-11-16-15-8-17(11)2/h8-10H,3-7H2,1-2H3,(H,14,21)(H,19,20). The molecule has 2 rings (SSSR count). The second-order valence-electron chi connectivity index (χ2n) is 5.44. The molecule has 1 aliphatic heterocycles. The minimum Gasteiger partial charge on any atom is -0.481 e. The van der Waals surface area contributed by atoms with E-state index in [2.05, 4.69) is 15.5 Å². The van der Waals surface area contributed by atoms with Crippen molar-refractivity contribution in [2.45, 2.75) is 32.2 Å². The zero-order valence-corrected chi connectivity index (χ0v) is 12.3. The maximum absolute atomic E-state index is 12.1. The SMILES string of the molecule is CC1CC(C(=O)O)CCN1C(=O)NCCc1nncn1C. The van der Waals surface area contributed by atoms with E-state index >= 15 is 0 Å². The van der Waals surface area contributed by atoms with Crippen LogP contribution < -0.4 is 5.32 Å². The summed E-state index contributed by atoms with van der Waals surface area (Å²) in [7, 11) is 1.86. The first-order valence-corrected chi connectivity index (χ1v) is 7.09. The van der Waals surface area contributed by atoms with Crippen molar-refractivity contribution in [3.8, 4) is 0 Å². The normalized spacial score (nSPS) is 22.1. The van der Waals surface area contributed by atoms with Crippen molar-refractivity contribution in [3.63, 3.8) is 0 Å². The van der Waals surface area contributed by atoms with Gasteiger partial charge in [0.2, 0.25) is 0 Å². The number of carboxylic acids is 1. The second kappa shape index (κ2) is 6.55. The Morgan fingerprint density at radius 3 is 2.86 bits per heavy atom. The lowest BCUT2D eigenvalue weighted by Crippen LogP contribution is -2.50. The number of rotatable bonds is 4. The van der Waals surface area contributed by atoms with E-state index in [-0.39, 0.29) is 18.0 Å². The van der Waals surface area contributed by atoms with Gasteiger partial charge in [0, 0.05) is 32.6 Å². The first-order chi connectivity index (χ1) is 9.99. The number of hydrogen-bond donors (Lipinski definition) is 2. The van der Waals surface area contributed by atoms with Crippen LogP contribution in [0.4, 0.5) is 4.79 Å². The highest BCUT2D eigenvalue weighted by molar-refractivity contribution is 5.75. The maximum atomic E-state index is 12.1. The highest BCUT2D eigenvalue weighted by atomic mass is 16.4. The highest BCUT2D eigenvalue weighted by Crippen LogP contribution is 2.22. The molecule has 1 aromatic rings. The van der Waals surface area contributed by atoms with E-state index in [4.69, 9.17) is 5.11 Å². The number of amides is 2. The molecule has 2 unspecified atom stereocenters. The first kappa shape index (κ1) is 15.3. The molecular weight excluding hydrogens is 274 g/mol. The molecule has 0 aromatic carbocycles. The molecule has 0 aliphatic carbocycles. The van der Waals surface area contributed by atoms with Gasteiger partial charge in [-0.3, -0.25) is 4.79 Å². The molecule has 0 radical (unpaired) electrons. The molecule has 8 nitrogen and oxygen atoms in total. The number of piperidine rings is 1. The maximum Gasteiger partial charge on any atom is 0.317 e. The number of hydrogen-bond acceptors (Lipinski definition) is 4. The molecule has 0 spiro atoms. The summed E-state index contributed by atoms with van der Waals surface area (Å²) in [5, 5.41) is 19.6. The number of carbonyl (C=O) groups is 2. The third kappa shape index (κ3) is 3.71. The molecular formula is C13H21N5O3. The predicted molar refractivity (Wildman–Crippen MR) is 74.6 cm³/mol. The van der Waals surface area contributed by atoms with Gasteiger partial charge in [-0.15, -0.1) is 10.2 Å². The second-order valence-corrected chi connectivity index (χ2v) is 5.44. The summed E-state index contributed by atoms with van der Waals surface area (Å²) in [6.07, 6.45) is 3.25. The number of nitrogens with one attached hydrogen (secondary N) is 1. The van der Waals surface area contributed by atoms with Crippen LogP contribution in [0.1, 0.15) is 25.6 Å². The summed E-state index contributed by atoms with van der Waals surface area (Å²) >= 11 is 0. The minimum atomic E-state index is -0.774. The lowest BCUT2D eigenvalue weighted by molar-refractivity contribution is -0.143. The molecule has 0 saturated carbocycles. The van der Waals surface area contributed by atoms with Crippen molar-refractivity contribution in [1.82, 2.24) is 25.0 Å². The van der Waals surface area contributed by atoms with Crippen LogP contribution in [-0.2, 0) is 18.3 Å². The summed E-state index contributed by atoms with van der Waals surface area (Å²) in [4.78, 5) is 24.8. The van der Waals surface area contributed by atoms with Crippen LogP contribution >= 0.6 is 0 Å². The third-order valence-corrected chi connectivity index (χ3v) is 3.92. The Kier molecular flexibility index (Phi) is 4.77. The van der Waals surface area contributed by atoms with Gasteiger partial charge in [-0.05, 0) is 19.8 Å². The van der Waals surface area contributed by atoms with Gasteiger partial charge in [-0.1, -0.05) is 0 Å². The first-order valence-electron chi connectivity index (χ1n) is 7.09. The van der Waals surface area contributed by atoms with Gasteiger partial charge in [-0.25, -0.2) is 4.79 Å². The number of urea groups is 1. The van der Waals surface area contributed by atoms with Crippen molar-refractivity contribution in [1.29, 1.82) is 0 Å². The molecule has 1 fully saturated rings. The third-order valence-electron chi connectivity index (χ3n) is 3.92. The Hall–Kier alpha value is -2.12. The number of likely N-dealkylation sites (tertiary alicyclic amines) is 1. The van der Waals surface area contributed by atoms with Crippen LogP contribution in [0.5, 0.6) is 0 Å². The van der Waals surface area contributed by atoms with E-state index in [1.807, 2.05) is 18.5 Å².